The Morgan fingerprint density at radius 3 is 2.67 bits per heavy atom. The quantitative estimate of drug-likeness (QED) is 0.502. The van der Waals surface area contributed by atoms with Gasteiger partial charge in [-0.3, -0.25) is 10.1 Å². The minimum absolute atomic E-state index is 0.0153. The summed E-state index contributed by atoms with van der Waals surface area (Å²) in [5.41, 5.74) is 0.580. The zero-order valence-electron chi connectivity index (χ0n) is 11.0. The van der Waals surface area contributed by atoms with Gasteiger partial charge in [-0.2, -0.15) is 0 Å². The highest BCUT2D eigenvalue weighted by Gasteiger charge is 2.17. The van der Waals surface area contributed by atoms with E-state index in [2.05, 4.69) is 5.32 Å². The fourth-order valence-corrected chi connectivity index (χ4v) is 2.01. The smallest absolute Gasteiger partial charge is 0.296 e. The number of phenols is 1. The molecule has 21 heavy (non-hydrogen) atoms. The molecule has 0 heterocycles. The third kappa shape index (κ3) is 3.41. The van der Waals surface area contributed by atoms with Gasteiger partial charge in [0, 0.05) is 6.04 Å². The average molecular weight is 311 g/mol. The van der Waals surface area contributed by atoms with E-state index in [4.69, 9.17) is 11.6 Å². The maximum Gasteiger partial charge on any atom is 0.296 e. The van der Waals surface area contributed by atoms with Crippen LogP contribution in [0.2, 0.25) is 5.02 Å². The third-order valence-electron chi connectivity index (χ3n) is 2.99. The number of nitro benzene ring substituents is 1. The topological polar surface area (TPSA) is 75.4 Å². The molecule has 0 aromatic heterocycles. The molecule has 2 N–H and O–H groups in total. The summed E-state index contributed by atoms with van der Waals surface area (Å²) >= 11 is 5.62. The van der Waals surface area contributed by atoms with Crippen molar-refractivity contribution in [1.82, 2.24) is 0 Å². The Hall–Kier alpha value is -2.34. The zero-order valence-corrected chi connectivity index (χ0v) is 11.8. The molecule has 110 valence electrons. The first-order valence-corrected chi connectivity index (χ1v) is 6.45. The molecule has 1 unspecified atom stereocenters. The fourth-order valence-electron chi connectivity index (χ4n) is 1.89. The van der Waals surface area contributed by atoms with Crippen LogP contribution in [0.3, 0.4) is 0 Å². The van der Waals surface area contributed by atoms with Crippen molar-refractivity contribution in [2.75, 3.05) is 5.32 Å². The maximum absolute atomic E-state index is 13.4. The van der Waals surface area contributed by atoms with E-state index < -0.39 is 10.7 Å². The third-order valence-corrected chi connectivity index (χ3v) is 3.30. The summed E-state index contributed by atoms with van der Waals surface area (Å²) in [5, 5.41) is 23.2. The highest BCUT2D eigenvalue weighted by molar-refractivity contribution is 6.30. The lowest BCUT2D eigenvalue weighted by molar-refractivity contribution is -0.384. The lowest BCUT2D eigenvalue weighted by Crippen LogP contribution is -2.08. The highest BCUT2D eigenvalue weighted by Crippen LogP contribution is 2.31. The predicted octanol–water partition coefficient (Wildman–Crippen LogP) is 4.27. The molecule has 0 aliphatic rings. The van der Waals surface area contributed by atoms with Gasteiger partial charge in [-0.1, -0.05) is 17.7 Å². The Bertz CT molecular complexity index is 694. The average Bonchev–Trinajstić information content (AvgIpc) is 2.43. The number of benzene rings is 2. The van der Waals surface area contributed by atoms with E-state index in [1.165, 1.54) is 24.3 Å². The highest BCUT2D eigenvalue weighted by atomic mass is 35.5. The van der Waals surface area contributed by atoms with Crippen LogP contribution in [0.4, 0.5) is 15.8 Å². The number of nitrogens with zero attached hydrogens (tertiary/aromatic N) is 1. The largest absolute Gasteiger partial charge is 0.508 e. The van der Waals surface area contributed by atoms with E-state index in [-0.39, 0.29) is 28.2 Å². The number of phenolic OH excluding ortho intramolecular Hbond substituents is 1. The van der Waals surface area contributed by atoms with E-state index in [1.54, 1.807) is 13.0 Å². The van der Waals surface area contributed by atoms with Crippen LogP contribution in [-0.2, 0) is 0 Å². The molecule has 0 amide bonds. The van der Waals surface area contributed by atoms with Crippen LogP contribution >= 0.6 is 11.6 Å². The molecular weight excluding hydrogens is 299 g/mol. The molecule has 2 aromatic rings. The van der Waals surface area contributed by atoms with Gasteiger partial charge >= 0.3 is 0 Å². The lowest BCUT2D eigenvalue weighted by atomic mass is 10.1. The van der Waals surface area contributed by atoms with Crippen LogP contribution in [0.15, 0.2) is 36.4 Å². The minimum Gasteiger partial charge on any atom is -0.508 e. The molecule has 7 heteroatoms. The van der Waals surface area contributed by atoms with Crippen molar-refractivity contribution >= 4 is 23.0 Å². The van der Waals surface area contributed by atoms with Gasteiger partial charge in [0.05, 0.1) is 16.0 Å². The standard InChI is InChI=1S/C14H12ClFN2O3/c1-8(9-2-4-11(15)12(16)6-9)17-13-5-3-10(19)7-14(13)18(20)21/h2-8,17,19H,1H3. The molecule has 0 saturated carbocycles. The van der Waals surface area contributed by atoms with E-state index >= 15 is 0 Å². The monoisotopic (exact) mass is 310 g/mol. The normalized spacial score (nSPS) is 12.0. The first kappa shape index (κ1) is 15.1. The van der Waals surface area contributed by atoms with Crippen molar-refractivity contribution in [3.63, 3.8) is 0 Å². The summed E-state index contributed by atoms with van der Waals surface area (Å²) in [6.07, 6.45) is 0. The number of anilines is 1. The minimum atomic E-state index is -0.600. The SMILES string of the molecule is CC(Nc1ccc(O)cc1[N+](=O)[O-])c1ccc(Cl)c(F)c1. The van der Waals surface area contributed by atoms with Gasteiger partial charge in [0.15, 0.2) is 0 Å². The summed E-state index contributed by atoms with van der Waals surface area (Å²) < 4.78 is 13.4. The summed E-state index contributed by atoms with van der Waals surface area (Å²) in [7, 11) is 0. The van der Waals surface area contributed by atoms with Crippen LogP contribution in [0, 0.1) is 15.9 Å². The van der Waals surface area contributed by atoms with Gasteiger partial charge in [-0.05, 0) is 36.8 Å². The predicted molar refractivity (Wildman–Crippen MR) is 78.2 cm³/mol. The number of rotatable bonds is 4. The van der Waals surface area contributed by atoms with Gasteiger partial charge in [-0.25, -0.2) is 4.39 Å². The van der Waals surface area contributed by atoms with Crippen molar-refractivity contribution in [3.8, 4) is 5.75 Å². The second-order valence-electron chi connectivity index (χ2n) is 4.50. The van der Waals surface area contributed by atoms with Gasteiger partial charge < -0.3 is 10.4 Å². The van der Waals surface area contributed by atoms with Crippen molar-refractivity contribution in [2.45, 2.75) is 13.0 Å². The number of hydrogen-bond acceptors (Lipinski definition) is 4. The molecule has 2 aromatic carbocycles. The van der Waals surface area contributed by atoms with Crippen LogP contribution in [0.25, 0.3) is 0 Å². The van der Waals surface area contributed by atoms with E-state index in [9.17, 15) is 19.6 Å². The number of hydrogen-bond donors (Lipinski definition) is 2. The Morgan fingerprint density at radius 1 is 1.33 bits per heavy atom. The van der Waals surface area contributed by atoms with Gasteiger partial charge in [0.25, 0.3) is 5.69 Å². The first-order valence-electron chi connectivity index (χ1n) is 6.07. The number of halogens is 2. The molecule has 0 fully saturated rings. The summed E-state index contributed by atoms with van der Waals surface area (Å²) in [6.45, 7) is 1.74. The number of aromatic hydroxyl groups is 1. The number of nitrogens with one attached hydrogen (secondary N) is 1. The van der Waals surface area contributed by atoms with Crippen molar-refractivity contribution in [3.05, 3.63) is 62.9 Å². The van der Waals surface area contributed by atoms with Crippen LogP contribution in [-0.4, -0.2) is 10.0 Å². The summed E-state index contributed by atoms with van der Waals surface area (Å²) in [5.74, 6) is -0.750. The number of nitro groups is 1. The molecule has 2 rings (SSSR count). The van der Waals surface area contributed by atoms with Crippen molar-refractivity contribution in [2.24, 2.45) is 0 Å². The Balaban J connectivity index is 2.29. The van der Waals surface area contributed by atoms with Gasteiger partial charge in [0.1, 0.15) is 17.3 Å². The van der Waals surface area contributed by atoms with Gasteiger partial charge in [0.2, 0.25) is 0 Å². The molecule has 0 bridgehead atoms. The molecule has 0 aliphatic heterocycles. The maximum atomic E-state index is 13.4. The fraction of sp³-hybridized carbons (Fsp3) is 0.143. The second-order valence-corrected chi connectivity index (χ2v) is 4.91. The Kier molecular flexibility index (Phi) is 4.28. The molecule has 1 atom stereocenters. The van der Waals surface area contributed by atoms with Gasteiger partial charge in [-0.15, -0.1) is 0 Å². The van der Waals surface area contributed by atoms with E-state index in [1.807, 2.05) is 0 Å². The van der Waals surface area contributed by atoms with Crippen LogP contribution < -0.4 is 5.32 Å². The zero-order chi connectivity index (χ0) is 15.6. The molecule has 0 saturated heterocycles. The van der Waals surface area contributed by atoms with Crippen molar-refractivity contribution < 1.29 is 14.4 Å². The van der Waals surface area contributed by atoms with Crippen LogP contribution in [0.5, 0.6) is 5.75 Å². The summed E-state index contributed by atoms with van der Waals surface area (Å²) in [4.78, 5) is 10.4. The molecular formula is C14H12ClFN2O3. The van der Waals surface area contributed by atoms with E-state index in [0.29, 0.717) is 5.56 Å². The summed E-state index contributed by atoms with van der Waals surface area (Å²) in [6, 6.07) is 7.75. The Morgan fingerprint density at radius 2 is 2.05 bits per heavy atom. The van der Waals surface area contributed by atoms with E-state index in [0.717, 1.165) is 6.07 Å². The second kappa shape index (κ2) is 5.97. The molecule has 0 aliphatic carbocycles. The molecule has 5 nitrogen and oxygen atoms in total. The van der Waals surface area contributed by atoms with Crippen molar-refractivity contribution in [1.29, 1.82) is 0 Å². The molecule has 0 spiro atoms. The molecule has 0 radical (unpaired) electrons. The Labute approximate surface area is 125 Å². The lowest BCUT2D eigenvalue weighted by Gasteiger charge is -2.16. The van der Waals surface area contributed by atoms with Crippen LogP contribution in [0.1, 0.15) is 18.5 Å². The first-order chi connectivity index (χ1) is 9.88.